The SMILES string of the molecule is Cc1nn2c(-c3ccc4ccccc4n3)cnc2cc1-c1ccc(N2CCNCC2)cc1. The van der Waals surface area contributed by atoms with Crippen molar-refractivity contribution in [1.82, 2.24) is 24.9 Å². The predicted molar refractivity (Wildman–Crippen MR) is 129 cm³/mol. The molecule has 158 valence electrons. The average molecular weight is 421 g/mol. The zero-order chi connectivity index (χ0) is 21.5. The molecule has 32 heavy (non-hydrogen) atoms. The minimum atomic E-state index is 0.821. The summed E-state index contributed by atoms with van der Waals surface area (Å²) in [6.07, 6.45) is 1.86. The first-order chi connectivity index (χ1) is 15.8. The minimum absolute atomic E-state index is 0.821. The van der Waals surface area contributed by atoms with Gasteiger partial charge in [-0.3, -0.25) is 0 Å². The van der Waals surface area contributed by atoms with Crippen LogP contribution in [0.4, 0.5) is 5.69 Å². The molecular weight excluding hydrogens is 396 g/mol. The Morgan fingerprint density at radius 1 is 0.906 bits per heavy atom. The molecule has 1 aliphatic heterocycles. The Bertz CT molecular complexity index is 1410. The van der Waals surface area contributed by atoms with Crippen LogP contribution in [0.5, 0.6) is 0 Å². The van der Waals surface area contributed by atoms with E-state index in [4.69, 9.17) is 10.1 Å². The van der Waals surface area contributed by atoms with Gasteiger partial charge in [0, 0.05) is 42.8 Å². The van der Waals surface area contributed by atoms with E-state index in [2.05, 4.69) is 64.6 Å². The minimum Gasteiger partial charge on any atom is -0.369 e. The number of fused-ring (bicyclic) bond motifs is 2. The number of hydrogen-bond acceptors (Lipinski definition) is 5. The van der Waals surface area contributed by atoms with Crippen LogP contribution in [0.1, 0.15) is 5.69 Å². The molecule has 2 aromatic carbocycles. The maximum absolute atomic E-state index is 4.88. The van der Waals surface area contributed by atoms with Gasteiger partial charge in [-0.1, -0.05) is 36.4 Å². The maximum atomic E-state index is 4.88. The maximum Gasteiger partial charge on any atom is 0.154 e. The van der Waals surface area contributed by atoms with Crippen LogP contribution in [0.15, 0.2) is 72.9 Å². The first-order valence-corrected chi connectivity index (χ1v) is 11.0. The fraction of sp³-hybridized carbons (Fsp3) is 0.192. The van der Waals surface area contributed by atoms with E-state index in [0.717, 1.165) is 70.9 Å². The standard InChI is InChI=1S/C26H24N6/c1-18-22(19-6-9-21(10-7-19)31-14-12-27-13-15-31)16-26-28-17-25(32(26)30-18)24-11-8-20-4-2-3-5-23(20)29-24/h2-11,16-17,27H,12-15H2,1H3. The van der Waals surface area contributed by atoms with E-state index in [1.165, 1.54) is 5.69 Å². The van der Waals surface area contributed by atoms with Gasteiger partial charge in [-0.15, -0.1) is 0 Å². The quantitative estimate of drug-likeness (QED) is 0.471. The van der Waals surface area contributed by atoms with Gasteiger partial charge in [0.1, 0.15) is 5.69 Å². The molecule has 0 saturated carbocycles. The Hall–Kier alpha value is -3.77. The molecule has 0 spiro atoms. The molecule has 0 bridgehead atoms. The van der Waals surface area contributed by atoms with Crippen molar-refractivity contribution >= 4 is 22.2 Å². The summed E-state index contributed by atoms with van der Waals surface area (Å²) in [4.78, 5) is 11.9. The smallest absolute Gasteiger partial charge is 0.154 e. The first-order valence-electron chi connectivity index (χ1n) is 11.0. The van der Waals surface area contributed by atoms with Gasteiger partial charge in [-0.05, 0) is 42.8 Å². The van der Waals surface area contributed by atoms with Gasteiger partial charge in [0.25, 0.3) is 0 Å². The molecule has 1 fully saturated rings. The van der Waals surface area contributed by atoms with E-state index in [9.17, 15) is 0 Å². The highest BCUT2D eigenvalue weighted by molar-refractivity contribution is 5.81. The number of benzene rings is 2. The highest BCUT2D eigenvalue weighted by atomic mass is 15.3. The van der Waals surface area contributed by atoms with Gasteiger partial charge in [0.2, 0.25) is 0 Å². The van der Waals surface area contributed by atoms with Gasteiger partial charge >= 0.3 is 0 Å². The summed E-state index contributed by atoms with van der Waals surface area (Å²) < 4.78 is 1.89. The van der Waals surface area contributed by atoms with Crippen LogP contribution in [-0.4, -0.2) is 45.8 Å². The Morgan fingerprint density at radius 3 is 2.56 bits per heavy atom. The third-order valence-electron chi connectivity index (χ3n) is 6.20. The molecule has 3 aromatic heterocycles. The zero-order valence-electron chi connectivity index (χ0n) is 18.0. The molecule has 1 aliphatic rings. The monoisotopic (exact) mass is 420 g/mol. The summed E-state index contributed by atoms with van der Waals surface area (Å²) in [7, 11) is 0. The Balaban J connectivity index is 1.36. The molecule has 6 nitrogen and oxygen atoms in total. The van der Waals surface area contributed by atoms with Crippen LogP contribution in [0.3, 0.4) is 0 Å². The fourth-order valence-electron chi connectivity index (χ4n) is 4.45. The van der Waals surface area contributed by atoms with Crippen molar-refractivity contribution in [2.45, 2.75) is 6.92 Å². The number of para-hydroxylation sites is 1. The Kier molecular flexibility index (Phi) is 4.58. The number of anilines is 1. The van der Waals surface area contributed by atoms with Gasteiger partial charge < -0.3 is 10.2 Å². The Morgan fingerprint density at radius 2 is 1.72 bits per heavy atom. The molecule has 1 saturated heterocycles. The van der Waals surface area contributed by atoms with Crippen LogP contribution >= 0.6 is 0 Å². The largest absolute Gasteiger partial charge is 0.369 e. The highest BCUT2D eigenvalue weighted by Crippen LogP contribution is 2.28. The molecule has 0 atom stereocenters. The summed E-state index contributed by atoms with van der Waals surface area (Å²) in [6.45, 7) is 6.22. The van der Waals surface area contributed by atoms with Crippen molar-refractivity contribution < 1.29 is 0 Å². The molecule has 0 radical (unpaired) electrons. The van der Waals surface area contributed by atoms with Crippen LogP contribution in [-0.2, 0) is 0 Å². The molecule has 0 aliphatic carbocycles. The summed E-state index contributed by atoms with van der Waals surface area (Å²) in [6, 6.07) is 23.2. The Labute approximate surface area is 186 Å². The molecular formula is C26H24N6. The number of hydrogen-bond donors (Lipinski definition) is 1. The summed E-state index contributed by atoms with van der Waals surface area (Å²) in [5.41, 5.74) is 8.06. The van der Waals surface area contributed by atoms with Crippen molar-refractivity contribution in [1.29, 1.82) is 0 Å². The van der Waals surface area contributed by atoms with Crippen LogP contribution in [0.25, 0.3) is 39.1 Å². The van der Waals surface area contributed by atoms with Crippen LogP contribution in [0.2, 0.25) is 0 Å². The molecule has 1 N–H and O–H groups in total. The van der Waals surface area contributed by atoms with Crippen molar-refractivity contribution in [3.63, 3.8) is 0 Å². The summed E-state index contributed by atoms with van der Waals surface area (Å²) >= 11 is 0. The molecule has 5 aromatic rings. The highest BCUT2D eigenvalue weighted by Gasteiger charge is 2.14. The van der Waals surface area contributed by atoms with Crippen LogP contribution in [0, 0.1) is 6.92 Å². The lowest BCUT2D eigenvalue weighted by atomic mass is 10.0. The molecule has 4 heterocycles. The van der Waals surface area contributed by atoms with E-state index in [0.29, 0.717) is 0 Å². The topological polar surface area (TPSA) is 58.4 Å². The number of imidazole rings is 1. The average Bonchev–Trinajstić information content (AvgIpc) is 3.26. The number of aromatic nitrogens is 4. The number of nitrogens with zero attached hydrogens (tertiary/aromatic N) is 5. The van der Waals surface area contributed by atoms with Gasteiger partial charge in [0.15, 0.2) is 5.65 Å². The van der Waals surface area contributed by atoms with E-state index in [-0.39, 0.29) is 0 Å². The van der Waals surface area contributed by atoms with E-state index >= 15 is 0 Å². The second kappa shape index (κ2) is 7.73. The van der Waals surface area contributed by atoms with E-state index in [1.54, 1.807) is 0 Å². The molecule has 6 heteroatoms. The number of pyridine rings is 1. The number of piperazine rings is 1. The third kappa shape index (κ3) is 3.29. The predicted octanol–water partition coefficient (Wildman–Crippen LogP) is 4.33. The fourth-order valence-corrected chi connectivity index (χ4v) is 4.45. The summed E-state index contributed by atoms with van der Waals surface area (Å²) in [5.74, 6) is 0. The second-order valence-corrected chi connectivity index (χ2v) is 8.23. The van der Waals surface area contributed by atoms with E-state index in [1.807, 2.05) is 35.0 Å². The van der Waals surface area contributed by atoms with E-state index < -0.39 is 0 Å². The van der Waals surface area contributed by atoms with Crippen molar-refractivity contribution in [2.75, 3.05) is 31.1 Å². The lowest BCUT2D eigenvalue weighted by Gasteiger charge is -2.29. The number of aryl methyl sites for hydroxylation is 1. The van der Waals surface area contributed by atoms with Gasteiger partial charge in [0.05, 0.1) is 23.1 Å². The molecule has 6 rings (SSSR count). The van der Waals surface area contributed by atoms with Crippen LogP contribution < -0.4 is 10.2 Å². The molecule has 0 unspecified atom stereocenters. The first kappa shape index (κ1) is 19.0. The third-order valence-corrected chi connectivity index (χ3v) is 6.20. The lowest BCUT2D eigenvalue weighted by molar-refractivity contribution is 0.589. The lowest BCUT2D eigenvalue weighted by Crippen LogP contribution is -2.43. The summed E-state index contributed by atoms with van der Waals surface area (Å²) in [5, 5.41) is 9.41. The number of rotatable bonds is 3. The van der Waals surface area contributed by atoms with Crippen molar-refractivity contribution in [3.05, 3.63) is 78.6 Å². The van der Waals surface area contributed by atoms with Gasteiger partial charge in [-0.2, -0.15) is 5.10 Å². The van der Waals surface area contributed by atoms with Gasteiger partial charge in [-0.25, -0.2) is 14.5 Å². The normalized spacial score (nSPS) is 14.3. The number of nitrogens with one attached hydrogen (secondary N) is 1. The zero-order valence-corrected chi connectivity index (χ0v) is 18.0. The van der Waals surface area contributed by atoms with Crippen molar-refractivity contribution in [2.24, 2.45) is 0 Å². The van der Waals surface area contributed by atoms with Crippen molar-refractivity contribution in [3.8, 4) is 22.5 Å². The second-order valence-electron chi connectivity index (χ2n) is 8.23. The molecule has 0 amide bonds.